The minimum Gasteiger partial charge on any atom is -0.508 e. The zero-order chi connectivity index (χ0) is 13.9. The fourth-order valence-corrected chi connectivity index (χ4v) is 5.59. The largest absolute Gasteiger partial charge is 0.508 e. The number of aromatic hydroxyl groups is 1. The quantitative estimate of drug-likeness (QED) is 0.757. The summed E-state index contributed by atoms with van der Waals surface area (Å²) in [6.07, 6.45) is 6.75. The summed E-state index contributed by atoms with van der Waals surface area (Å²) in [5.41, 5.74) is 3.20. The lowest BCUT2D eigenvalue weighted by atomic mass is 9.56. The zero-order valence-corrected chi connectivity index (χ0v) is 12.2. The van der Waals surface area contributed by atoms with Crippen molar-refractivity contribution in [3.8, 4) is 5.75 Å². The summed E-state index contributed by atoms with van der Waals surface area (Å²) in [7, 11) is 0. The van der Waals surface area contributed by atoms with Crippen LogP contribution in [0.15, 0.2) is 18.2 Å². The molecule has 2 heteroatoms. The van der Waals surface area contributed by atoms with E-state index in [0.29, 0.717) is 23.0 Å². The first kappa shape index (κ1) is 12.7. The van der Waals surface area contributed by atoms with Crippen LogP contribution in [-0.2, 0) is 6.42 Å². The summed E-state index contributed by atoms with van der Waals surface area (Å²) < 4.78 is 0. The lowest BCUT2D eigenvalue weighted by Crippen LogP contribution is -2.39. The predicted octanol–water partition coefficient (Wildman–Crippen LogP) is 3.61. The van der Waals surface area contributed by atoms with Gasteiger partial charge in [0.2, 0.25) is 0 Å². The van der Waals surface area contributed by atoms with Gasteiger partial charge in [-0.3, -0.25) is 0 Å². The van der Waals surface area contributed by atoms with Crippen molar-refractivity contribution in [2.75, 3.05) is 0 Å². The van der Waals surface area contributed by atoms with Crippen LogP contribution in [-0.4, -0.2) is 16.3 Å². The normalized spacial score (nSPS) is 42.7. The third-order valence-electron chi connectivity index (χ3n) is 6.46. The van der Waals surface area contributed by atoms with Crippen LogP contribution in [0.4, 0.5) is 0 Å². The Morgan fingerprint density at radius 1 is 1.25 bits per heavy atom. The molecule has 0 unspecified atom stereocenters. The van der Waals surface area contributed by atoms with Crippen molar-refractivity contribution in [1.29, 1.82) is 0 Å². The van der Waals surface area contributed by atoms with E-state index in [1.165, 1.54) is 30.4 Å². The van der Waals surface area contributed by atoms with Gasteiger partial charge in [0.1, 0.15) is 5.75 Å². The van der Waals surface area contributed by atoms with Crippen molar-refractivity contribution in [3.05, 3.63) is 29.3 Å². The number of phenols is 1. The Balaban J connectivity index is 1.70. The summed E-state index contributed by atoms with van der Waals surface area (Å²) in [4.78, 5) is 0. The van der Waals surface area contributed by atoms with Crippen LogP contribution >= 0.6 is 0 Å². The number of rotatable bonds is 0. The maximum atomic E-state index is 10.1. The third kappa shape index (κ3) is 1.74. The maximum Gasteiger partial charge on any atom is 0.115 e. The standard InChI is InChI=1S/C18H24O2/c1-18-7-6-15-14-5-3-12(19)8-11(14)2-4-16(15)17(18)9-13(20)10-18/h3,5,8,13,15-17,19-20H,2,4,6-7,9-10H2,1H3/t13-,15-,16-,17-,18-/m1/s1. The monoisotopic (exact) mass is 272 g/mol. The molecule has 2 nitrogen and oxygen atoms in total. The van der Waals surface area contributed by atoms with E-state index >= 15 is 0 Å². The molecular formula is C18H24O2. The molecule has 0 spiro atoms. The molecule has 108 valence electrons. The van der Waals surface area contributed by atoms with Crippen molar-refractivity contribution in [2.45, 2.75) is 57.5 Å². The van der Waals surface area contributed by atoms with Gasteiger partial charge >= 0.3 is 0 Å². The summed E-state index contributed by atoms with van der Waals surface area (Å²) in [5.74, 6) is 2.49. The smallest absolute Gasteiger partial charge is 0.115 e. The Hall–Kier alpha value is -1.02. The number of hydrogen-bond acceptors (Lipinski definition) is 2. The van der Waals surface area contributed by atoms with E-state index in [4.69, 9.17) is 0 Å². The van der Waals surface area contributed by atoms with E-state index in [1.807, 2.05) is 12.1 Å². The number of phenolic OH excluding ortho intramolecular Hbond substituents is 1. The highest BCUT2D eigenvalue weighted by Crippen LogP contribution is 2.60. The first-order valence-corrected chi connectivity index (χ1v) is 8.07. The first-order valence-electron chi connectivity index (χ1n) is 8.07. The van der Waals surface area contributed by atoms with Crippen molar-refractivity contribution in [2.24, 2.45) is 17.3 Å². The average Bonchev–Trinajstić information content (AvgIpc) is 2.72. The number of fused-ring (bicyclic) bond motifs is 5. The van der Waals surface area contributed by atoms with E-state index in [0.717, 1.165) is 25.2 Å². The molecule has 5 atom stereocenters. The highest BCUT2D eigenvalue weighted by atomic mass is 16.3. The molecule has 0 amide bonds. The van der Waals surface area contributed by atoms with Gasteiger partial charge in [0.05, 0.1) is 6.10 Å². The second-order valence-electron chi connectivity index (χ2n) is 7.58. The number of aliphatic hydroxyl groups is 1. The van der Waals surface area contributed by atoms with E-state index < -0.39 is 0 Å². The lowest BCUT2D eigenvalue weighted by molar-refractivity contribution is 0.0596. The SMILES string of the molecule is C[C@]12CC[C@@H]3c4ccc(O)cc4CC[C@H]3[C@H]1C[C@@H](O)C2. The van der Waals surface area contributed by atoms with Crippen LogP contribution in [0.2, 0.25) is 0 Å². The number of benzene rings is 1. The predicted molar refractivity (Wildman–Crippen MR) is 78.7 cm³/mol. The molecule has 2 N–H and O–H groups in total. The van der Waals surface area contributed by atoms with Gasteiger partial charge in [-0.05, 0) is 85.0 Å². The molecule has 3 aliphatic carbocycles. The molecule has 1 aromatic carbocycles. The topological polar surface area (TPSA) is 40.5 Å². The van der Waals surface area contributed by atoms with E-state index in [9.17, 15) is 10.2 Å². The molecule has 0 aromatic heterocycles. The molecule has 20 heavy (non-hydrogen) atoms. The highest BCUT2D eigenvalue weighted by molar-refractivity contribution is 5.40. The van der Waals surface area contributed by atoms with Crippen molar-refractivity contribution >= 4 is 0 Å². The van der Waals surface area contributed by atoms with Gasteiger partial charge in [-0.25, -0.2) is 0 Å². The van der Waals surface area contributed by atoms with E-state index in [1.54, 1.807) is 0 Å². The molecule has 1 aromatic rings. The van der Waals surface area contributed by atoms with Crippen LogP contribution in [0.5, 0.6) is 5.75 Å². The van der Waals surface area contributed by atoms with Gasteiger partial charge < -0.3 is 10.2 Å². The van der Waals surface area contributed by atoms with Gasteiger partial charge in [0.25, 0.3) is 0 Å². The molecule has 0 heterocycles. The minimum atomic E-state index is -0.0787. The van der Waals surface area contributed by atoms with Crippen LogP contribution in [0.3, 0.4) is 0 Å². The Bertz CT molecular complexity index is 538. The lowest BCUT2D eigenvalue weighted by Gasteiger charge is -2.49. The number of hydrogen-bond donors (Lipinski definition) is 2. The van der Waals surface area contributed by atoms with Gasteiger partial charge in [-0.1, -0.05) is 13.0 Å². The minimum absolute atomic E-state index is 0.0787. The summed E-state index contributed by atoms with van der Waals surface area (Å²) >= 11 is 0. The molecule has 0 radical (unpaired) electrons. The average molecular weight is 272 g/mol. The van der Waals surface area contributed by atoms with Crippen LogP contribution < -0.4 is 0 Å². The second-order valence-corrected chi connectivity index (χ2v) is 7.58. The molecule has 0 aliphatic heterocycles. The van der Waals surface area contributed by atoms with Crippen molar-refractivity contribution in [3.63, 3.8) is 0 Å². The second kappa shape index (κ2) is 4.24. The van der Waals surface area contributed by atoms with Gasteiger partial charge in [-0.2, -0.15) is 0 Å². The molecule has 2 fully saturated rings. The third-order valence-corrected chi connectivity index (χ3v) is 6.46. The molecular weight excluding hydrogens is 248 g/mol. The fraction of sp³-hybridized carbons (Fsp3) is 0.667. The summed E-state index contributed by atoms with van der Waals surface area (Å²) in [6, 6.07) is 5.96. The van der Waals surface area contributed by atoms with Gasteiger partial charge in [0, 0.05) is 0 Å². The number of aryl methyl sites for hydroxylation is 1. The Kier molecular flexibility index (Phi) is 2.69. The highest BCUT2D eigenvalue weighted by Gasteiger charge is 2.52. The Labute approximate surface area is 120 Å². The summed E-state index contributed by atoms with van der Waals surface area (Å²) in [6.45, 7) is 2.40. The zero-order valence-electron chi connectivity index (χ0n) is 12.2. The molecule has 0 bridgehead atoms. The maximum absolute atomic E-state index is 10.1. The van der Waals surface area contributed by atoms with E-state index in [-0.39, 0.29) is 6.10 Å². The molecule has 4 rings (SSSR count). The Morgan fingerprint density at radius 3 is 2.95 bits per heavy atom. The van der Waals surface area contributed by atoms with Crippen molar-refractivity contribution < 1.29 is 10.2 Å². The van der Waals surface area contributed by atoms with E-state index in [2.05, 4.69) is 13.0 Å². The van der Waals surface area contributed by atoms with Crippen LogP contribution in [0, 0.1) is 17.3 Å². The van der Waals surface area contributed by atoms with Gasteiger partial charge in [-0.15, -0.1) is 0 Å². The van der Waals surface area contributed by atoms with Crippen LogP contribution in [0.1, 0.15) is 56.1 Å². The van der Waals surface area contributed by atoms with Crippen molar-refractivity contribution in [1.82, 2.24) is 0 Å². The summed E-state index contributed by atoms with van der Waals surface area (Å²) in [5, 5.41) is 19.8. The molecule has 3 aliphatic rings. The van der Waals surface area contributed by atoms with Gasteiger partial charge in [0.15, 0.2) is 0 Å². The Morgan fingerprint density at radius 2 is 2.10 bits per heavy atom. The first-order chi connectivity index (χ1) is 9.57. The molecule has 0 saturated heterocycles. The molecule has 2 saturated carbocycles. The number of aliphatic hydroxyl groups excluding tert-OH is 1. The van der Waals surface area contributed by atoms with Crippen LogP contribution in [0.25, 0.3) is 0 Å². The fourth-order valence-electron chi connectivity index (χ4n) is 5.59.